The van der Waals surface area contributed by atoms with Crippen LogP contribution in [-0.4, -0.2) is 53.0 Å². The number of methoxy groups -OCH3 is 2. The van der Waals surface area contributed by atoms with Crippen LogP contribution < -0.4 is 20.1 Å². The molecule has 6 nitrogen and oxygen atoms in total. The predicted octanol–water partition coefficient (Wildman–Crippen LogP) is 1.98. The molecular formula is C18H29N3O3. The zero-order valence-corrected chi connectivity index (χ0v) is 14.9. The molecule has 1 aliphatic rings. The van der Waals surface area contributed by atoms with Crippen molar-refractivity contribution in [3.05, 3.63) is 23.8 Å². The van der Waals surface area contributed by atoms with E-state index in [0.717, 1.165) is 50.0 Å². The minimum absolute atomic E-state index is 0.405. The summed E-state index contributed by atoms with van der Waals surface area (Å²) in [6, 6.07) is 5.99. The van der Waals surface area contributed by atoms with Crippen molar-refractivity contribution in [2.75, 3.05) is 41.0 Å². The van der Waals surface area contributed by atoms with Gasteiger partial charge in [0.2, 0.25) is 0 Å². The van der Waals surface area contributed by atoms with Crippen molar-refractivity contribution in [1.82, 2.24) is 10.6 Å². The van der Waals surface area contributed by atoms with E-state index in [2.05, 4.69) is 21.7 Å². The van der Waals surface area contributed by atoms with Gasteiger partial charge >= 0.3 is 0 Å². The van der Waals surface area contributed by atoms with Crippen LogP contribution in [0.15, 0.2) is 23.2 Å². The molecule has 0 aliphatic carbocycles. The second-order valence-electron chi connectivity index (χ2n) is 5.79. The Morgan fingerprint density at radius 3 is 2.67 bits per heavy atom. The molecule has 1 aliphatic heterocycles. The minimum atomic E-state index is 0.405. The number of hydrogen-bond acceptors (Lipinski definition) is 4. The molecule has 2 N–H and O–H groups in total. The fraction of sp³-hybridized carbons (Fsp3) is 0.611. The van der Waals surface area contributed by atoms with Crippen LogP contribution in [0.3, 0.4) is 0 Å². The molecule has 2 rings (SSSR count). The summed E-state index contributed by atoms with van der Waals surface area (Å²) in [5.74, 6) is 2.34. The number of nitrogens with zero attached hydrogens (tertiary/aromatic N) is 1. The lowest BCUT2D eigenvalue weighted by Crippen LogP contribution is -2.39. The quantitative estimate of drug-likeness (QED) is 0.562. The van der Waals surface area contributed by atoms with E-state index in [1.54, 1.807) is 21.3 Å². The van der Waals surface area contributed by atoms with E-state index >= 15 is 0 Å². The zero-order chi connectivity index (χ0) is 17.2. The average molecular weight is 335 g/mol. The van der Waals surface area contributed by atoms with Crippen LogP contribution in [-0.2, 0) is 11.2 Å². The van der Waals surface area contributed by atoms with Crippen LogP contribution in [0.4, 0.5) is 0 Å². The van der Waals surface area contributed by atoms with Gasteiger partial charge in [-0.05, 0) is 43.4 Å². The molecule has 0 saturated carbocycles. The molecule has 1 fully saturated rings. The lowest BCUT2D eigenvalue weighted by Gasteiger charge is -2.14. The van der Waals surface area contributed by atoms with Gasteiger partial charge in [0.05, 0.1) is 20.3 Å². The van der Waals surface area contributed by atoms with Crippen molar-refractivity contribution in [2.45, 2.75) is 31.8 Å². The number of aliphatic imine (C=N–C) groups is 1. The first-order chi connectivity index (χ1) is 11.8. The third-order valence-electron chi connectivity index (χ3n) is 4.16. The maximum absolute atomic E-state index is 5.63. The van der Waals surface area contributed by atoms with Gasteiger partial charge in [0.25, 0.3) is 0 Å². The van der Waals surface area contributed by atoms with Gasteiger partial charge in [-0.3, -0.25) is 4.99 Å². The standard InChI is InChI=1S/C18H29N3O3/c1-19-18(21-11-9-15-5-4-12-24-15)20-10-8-14-6-7-16(22-2)17(13-14)23-3/h6-7,13,15H,4-5,8-12H2,1-3H3,(H2,19,20,21). The Hall–Kier alpha value is -1.95. The summed E-state index contributed by atoms with van der Waals surface area (Å²) in [7, 11) is 5.09. The normalized spacial score (nSPS) is 17.6. The summed E-state index contributed by atoms with van der Waals surface area (Å²) in [5, 5.41) is 6.67. The predicted molar refractivity (Wildman–Crippen MR) is 96.2 cm³/mol. The highest BCUT2D eigenvalue weighted by atomic mass is 16.5. The van der Waals surface area contributed by atoms with Crippen molar-refractivity contribution in [2.24, 2.45) is 4.99 Å². The summed E-state index contributed by atoms with van der Waals surface area (Å²) in [4.78, 5) is 4.25. The van der Waals surface area contributed by atoms with Gasteiger partial charge in [-0.1, -0.05) is 6.07 Å². The summed E-state index contributed by atoms with van der Waals surface area (Å²) < 4.78 is 16.2. The van der Waals surface area contributed by atoms with E-state index in [1.807, 2.05) is 12.1 Å². The Morgan fingerprint density at radius 1 is 1.21 bits per heavy atom. The fourth-order valence-corrected chi connectivity index (χ4v) is 2.81. The maximum atomic E-state index is 5.63. The van der Waals surface area contributed by atoms with Gasteiger partial charge in [-0.15, -0.1) is 0 Å². The molecule has 1 aromatic rings. The molecule has 24 heavy (non-hydrogen) atoms. The largest absolute Gasteiger partial charge is 0.493 e. The van der Waals surface area contributed by atoms with Crippen LogP contribution in [0.25, 0.3) is 0 Å². The third-order valence-corrected chi connectivity index (χ3v) is 4.16. The number of benzene rings is 1. The first kappa shape index (κ1) is 18.4. The van der Waals surface area contributed by atoms with Gasteiger partial charge in [-0.25, -0.2) is 0 Å². The van der Waals surface area contributed by atoms with Crippen LogP contribution in [0, 0.1) is 0 Å². The van der Waals surface area contributed by atoms with E-state index < -0.39 is 0 Å². The van der Waals surface area contributed by atoms with Gasteiger partial charge < -0.3 is 24.8 Å². The molecule has 0 radical (unpaired) electrons. The highest BCUT2D eigenvalue weighted by Crippen LogP contribution is 2.27. The SMILES string of the molecule is CN=C(NCCc1ccc(OC)c(OC)c1)NCCC1CCCO1. The topological polar surface area (TPSA) is 64.1 Å². The van der Waals surface area contributed by atoms with E-state index in [1.165, 1.54) is 18.4 Å². The highest BCUT2D eigenvalue weighted by Gasteiger charge is 2.14. The Balaban J connectivity index is 1.71. The molecule has 0 amide bonds. The van der Waals surface area contributed by atoms with Crippen molar-refractivity contribution in [3.8, 4) is 11.5 Å². The fourth-order valence-electron chi connectivity index (χ4n) is 2.81. The van der Waals surface area contributed by atoms with E-state index in [0.29, 0.717) is 6.10 Å². The summed E-state index contributed by atoms with van der Waals surface area (Å²) >= 11 is 0. The second-order valence-corrected chi connectivity index (χ2v) is 5.79. The first-order valence-electron chi connectivity index (χ1n) is 8.54. The summed E-state index contributed by atoms with van der Waals surface area (Å²) in [6.45, 7) is 2.58. The Labute approximate surface area is 144 Å². The Kier molecular flexibility index (Phi) is 7.68. The van der Waals surface area contributed by atoms with E-state index in [9.17, 15) is 0 Å². The van der Waals surface area contributed by atoms with Crippen molar-refractivity contribution in [3.63, 3.8) is 0 Å². The number of ether oxygens (including phenoxy) is 3. The molecule has 1 atom stereocenters. The van der Waals surface area contributed by atoms with Gasteiger partial charge in [-0.2, -0.15) is 0 Å². The molecule has 6 heteroatoms. The molecule has 1 aromatic carbocycles. The van der Waals surface area contributed by atoms with Crippen LogP contribution in [0.2, 0.25) is 0 Å². The number of hydrogen-bond donors (Lipinski definition) is 2. The molecule has 134 valence electrons. The second kappa shape index (κ2) is 10.0. The smallest absolute Gasteiger partial charge is 0.190 e. The number of nitrogens with one attached hydrogen (secondary N) is 2. The Bertz CT molecular complexity index is 528. The number of rotatable bonds is 8. The molecule has 1 unspecified atom stereocenters. The molecule has 0 bridgehead atoms. The molecule has 1 saturated heterocycles. The minimum Gasteiger partial charge on any atom is -0.493 e. The monoisotopic (exact) mass is 335 g/mol. The first-order valence-corrected chi connectivity index (χ1v) is 8.54. The molecular weight excluding hydrogens is 306 g/mol. The molecule has 1 heterocycles. The molecule has 0 spiro atoms. The van der Waals surface area contributed by atoms with Crippen LogP contribution in [0.1, 0.15) is 24.8 Å². The van der Waals surface area contributed by atoms with Gasteiger partial charge in [0.15, 0.2) is 17.5 Å². The average Bonchev–Trinajstić information content (AvgIpc) is 3.13. The van der Waals surface area contributed by atoms with Gasteiger partial charge in [0.1, 0.15) is 0 Å². The van der Waals surface area contributed by atoms with Crippen molar-refractivity contribution < 1.29 is 14.2 Å². The van der Waals surface area contributed by atoms with Gasteiger partial charge in [0, 0.05) is 26.7 Å². The van der Waals surface area contributed by atoms with E-state index in [-0.39, 0.29) is 0 Å². The number of guanidine groups is 1. The Morgan fingerprint density at radius 2 is 2.00 bits per heavy atom. The lowest BCUT2D eigenvalue weighted by atomic mass is 10.1. The van der Waals surface area contributed by atoms with Crippen molar-refractivity contribution in [1.29, 1.82) is 0 Å². The lowest BCUT2D eigenvalue weighted by molar-refractivity contribution is 0.105. The van der Waals surface area contributed by atoms with E-state index in [4.69, 9.17) is 14.2 Å². The summed E-state index contributed by atoms with van der Waals surface area (Å²) in [6.07, 6.45) is 4.67. The third kappa shape index (κ3) is 5.60. The molecule has 0 aromatic heterocycles. The highest BCUT2D eigenvalue weighted by molar-refractivity contribution is 5.79. The van der Waals surface area contributed by atoms with Crippen LogP contribution >= 0.6 is 0 Å². The van der Waals surface area contributed by atoms with Crippen LogP contribution in [0.5, 0.6) is 11.5 Å². The van der Waals surface area contributed by atoms with Crippen molar-refractivity contribution >= 4 is 5.96 Å². The maximum Gasteiger partial charge on any atom is 0.190 e. The summed E-state index contributed by atoms with van der Waals surface area (Å²) in [5.41, 5.74) is 1.19. The zero-order valence-electron chi connectivity index (χ0n) is 14.9.